The third kappa shape index (κ3) is 6.77. The molecule has 0 aromatic carbocycles. The summed E-state index contributed by atoms with van der Waals surface area (Å²) in [4.78, 5) is 18.1. The van der Waals surface area contributed by atoms with Crippen molar-refractivity contribution in [1.82, 2.24) is 4.90 Å². The summed E-state index contributed by atoms with van der Waals surface area (Å²) in [6.45, 7) is 9.57. The first kappa shape index (κ1) is 18.9. The second kappa shape index (κ2) is 11.5. The highest BCUT2D eigenvalue weighted by atomic mass is 16.5. The van der Waals surface area contributed by atoms with Gasteiger partial charge in [-0.1, -0.05) is 40.0 Å². The van der Waals surface area contributed by atoms with E-state index in [0.717, 1.165) is 25.3 Å². The molecular weight excluding hydrogens is 280 g/mol. The van der Waals surface area contributed by atoms with Gasteiger partial charge in [-0.15, -0.1) is 0 Å². The summed E-state index contributed by atoms with van der Waals surface area (Å²) in [6.07, 6.45) is 6.53. The minimum absolute atomic E-state index is 0.432. The maximum absolute atomic E-state index is 11.8. The first-order valence-corrected chi connectivity index (χ1v) is 8.86. The number of amides is 1. The van der Waals surface area contributed by atoms with Crippen LogP contribution in [0.15, 0.2) is 4.99 Å². The van der Waals surface area contributed by atoms with Crippen molar-refractivity contribution in [3.63, 3.8) is 0 Å². The molecule has 0 unspecified atom stereocenters. The van der Waals surface area contributed by atoms with Crippen LogP contribution in [0, 0.1) is 5.92 Å². The molecule has 1 heterocycles. The molecular formula is C17H32N2O3. The Balaban J connectivity index is 0.00000116. The Morgan fingerprint density at radius 2 is 1.82 bits per heavy atom. The molecule has 1 aliphatic carbocycles. The molecule has 22 heavy (non-hydrogen) atoms. The van der Waals surface area contributed by atoms with Gasteiger partial charge in [0.15, 0.2) is 0 Å². The summed E-state index contributed by atoms with van der Waals surface area (Å²) in [7, 11) is 0. The van der Waals surface area contributed by atoms with Gasteiger partial charge in [0.2, 0.25) is 0 Å². The van der Waals surface area contributed by atoms with Gasteiger partial charge in [-0.2, -0.15) is 4.99 Å². The third-order valence-electron chi connectivity index (χ3n) is 4.08. The summed E-state index contributed by atoms with van der Waals surface area (Å²) in [5.74, 6) is 1.36. The summed E-state index contributed by atoms with van der Waals surface area (Å²) in [5, 5.41) is 0. The average Bonchev–Trinajstić information content (AvgIpc) is 2.61. The molecule has 0 bridgehead atoms. The summed E-state index contributed by atoms with van der Waals surface area (Å²) in [6, 6.07) is 0. The van der Waals surface area contributed by atoms with E-state index in [2.05, 4.69) is 9.89 Å². The monoisotopic (exact) mass is 312 g/mol. The number of aliphatic imine (C=N–C) groups is 1. The van der Waals surface area contributed by atoms with E-state index in [-0.39, 0.29) is 0 Å². The highest BCUT2D eigenvalue weighted by Crippen LogP contribution is 2.23. The highest BCUT2D eigenvalue weighted by molar-refractivity contribution is 5.91. The zero-order chi connectivity index (χ0) is 16.2. The fraction of sp³-hybridized carbons (Fsp3) is 0.882. The van der Waals surface area contributed by atoms with Gasteiger partial charge < -0.3 is 14.4 Å². The molecule has 0 radical (unpaired) electrons. The Morgan fingerprint density at radius 3 is 2.41 bits per heavy atom. The van der Waals surface area contributed by atoms with Crippen LogP contribution in [0.1, 0.15) is 59.3 Å². The molecule has 2 rings (SSSR count). The second-order valence-electron chi connectivity index (χ2n) is 5.56. The molecule has 5 heteroatoms. The van der Waals surface area contributed by atoms with Crippen molar-refractivity contribution < 1.29 is 14.3 Å². The lowest BCUT2D eigenvalue weighted by Gasteiger charge is -2.29. The molecule has 0 spiro atoms. The molecule has 1 amide bonds. The van der Waals surface area contributed by atoms with Crippen LogP contribution in [0.25, 0.3) is 0 Å². The maximum Gasteiger partial charge on any atom is 0.435 e. The first-order chi connectivity index (χ1) is 10.8. The Hall–Kier alpha value is -1.10. The molecule has 1 aliphatic heterocycles. The van der Waals surface area contributed by atoms with Crippen LogP contribution < -0.4 is 0 Å². The molecule has 2 aliphatic rings. The Bertz CT molecular complexity index is 333. The van der Waals surface area contributed by atoms with Gasteiger partial charge in [0.1, 0.15) is 5.84 Å². The minimum Gasteiger partial charge on any atom is -0.448 e. The number of nitrogens with zero attached hydrogens (tertiary/aromatic N) is 2. The summed E-state index contributed by atoms with van der Waals surface area (Å²) in [5.41, 5.74) is 0. The lowest BCUT2D eigenvalue weighted by molar-refractivity contribution is 0.0668. The van der Waals surface area contributed by atoms with Crippen molar-refractivity contribution in [2.45, 2.75) is 59.3 Å². The van der Waals surface area contributed by atoms with E-state index in [4.69, 9.17) is 9.47 Å². The van der Waals surface area contributed by atoms with Gasteiger partial charge in [-0.25, -0.2) is 4.79 Å². The number of ether oxygens (including phenoxy) is 2. The molecule has 0 atom stereocenters. The molecule has 0 N–H and O–H groups in total. The molecule has 0 aromatic heterocycles. The van der Waals surface area contributed by atoms with E-state index in [1.165, 1.54) is 32.1 Å². The molecule has 2 fully saturated rings. The lowest BCUT2D eigenvalue weighted by atomic mass is 9.90. The second-order valence-corrected chi connectivity index (χ2v) is 5.56. The van der Waals surface area contributed by atoms with E-state index < -0.39 is 6.09 Å². The average molecular weight is 312 g/mol. The summed E-state index contributed by atoms with van der Waals surface area (Å²) >= 11 is 0. The van der Waals surface area contributed by atoms with Crippen molar-refractivity contribution in [2.75, 3.05) is 32.9 Å². The standard InChI is InChI=1S/C15H26N2O3.C2H6/c1-2-14(17-8-10-19-11-9-17)16-15(18)20-12-13-6-4-3-5-7-13;1-2/h13H,2-12H2,1H3;1-2H3/b16-14-;. The van der Waals surface area contributed by atoms with Gasteiger partial charge in [0.25, 0.3) is 0 Å². The molecule has 1 saturated heterocycles. The van der Waals surface area contributed by atoms with Crippen LogP contribution in [0.2, 0.25) is 0 Å². The number of hydrogen-bond acceptors (Lipinski definition) is 3. The zero-order valence-corrected chi connectivity index (χ0v) is 14.5. The fourth-order valence-electron chi connectivity index (χ4n) is 2.88. The van der Waals surface area contributed by atoms with Crippen molar-refractivity contribution in [3.05, 3.63) is 0 Å². The van der Waals surface area contributed by atoms with Gasteiger partial charge in [0, 0.05) is 19.5 Å². The van der Waals surface area contributed by atoms with Crippen LogP contribution >= 0.6 is 0 Å². The minimum atomic E-state index is -0.432. The molecule has 128 valence electrons. The number of hydrogen-bond donors (Lipinski definition) is 0. The van der Waals surface area contributed by atoms with Crippen molar-refractivity contribution in [1.29, 1.82) is 0 Å². The quantitative estimate of drug-likeness (QED) is 0.586. The lowest BCUT2D eigenvalue weighted by Crippen LogP contribution is -2.40. The number of amidine groups is 1. The number of carbonyl (C=O) groups is 1. The van der Waals surface area contributed by atoms with E-state index in [1.807, 2.05) is 20.8 Å². The smallest absolute Gasteiger partial charge is 0.435 e. The van der Waals surface area contributed by atoms with E-state index >= 15 is 0 Å². The van der Waals surface area contributed by atoms with E-state index in [1.54, 1.807) is 0 Å². The van der Waals surface area contributed by atoms with Gasteiger partial charge >= 0.3 is 6.09 Å². The fourth-order valence-corrected chi connectivity index (χ4v) is 2.88. The van der Waals surface area contributed by atoms with Crippen LogP contribution in [0.4, 0.5) is 4.79 Å². The summed E-state index contributed by atoms with van der Waals surface area (Å²) < 4.78 is 10.6. The topological polar surface area (TPSA) is 51.1 Å². The largest absolute Gasteiger partial charge is 0.448 e. The first-order valence-electron chi connectivity index (χ1n) is 8.86. The number of carbonyl (C=O) groups excluding carboxylic acids is 1. The van der Waals surface area contributed by atoms with Crippen molar-refractivity contribution in [3.8, 4) is 0 Å². The van der Waals surface area contributed by atoms with Crippen LogP contribution in [-0.4, -0.2) is 49.7 Å². The Kier molecular flexibility index (Phi) is 9.87. The number of morpholine rings is 1. The van der Waals surface area contributed by atoms with Crippen LogP contribution in [-0.2, 0) is 9.47 Å². The van der Waals surface area contributed by atoms with Crippen molar-refractivity contribution >= 4 is 11.9 Å². The van der Waals surface area contributed by atoms with Gasteiger partial charge in [0.05, 0.1) is 19.8 Å². The van der Waals surface area contributed by atoms with E-state index in [9.17, 15) is 4.79 Å². The normalized spacial score (nSPS) is 20.1. The zero-order valence-electron chi connectivity index (χ0n) is 14.5. The SMILES string of the molecule is CC.CC/C(=N/C(=O)OCC1CCCCC1)N1CCOCC1. The number of rotatable bonds is 3. The predicted molar refractivity (Wildman–Crippen MR) is 89.4 cm³/mol. The van der Waals surface area contributed by atoms with Crippen LogP contribution in [0.5, 0.6) is 0 Å². The Morgan fingerprint density at radius 1 is 1.18 bits per heavy atom. The van der Waals surface area contributed by atoms with E-state index in [0.29, 0.717) is 25.7 Å². The molecule has 1 saturated carbocycles. The van der Waals surface area contributed by atoms with Crippen LogP contribution in [0.3, 0.4) is 0 Å². The van der Waals surface area contributed by atoms with Gasteiger partial charge in [-0.3, -0.25) is 0 Å². The third-order valence-corrected chi connectivity index (χ3v) is 4.08. The molecule has 0 aromatic rings. The van der Waals surface area contributed by atoms with Gasteiger partial charge in [-0.05, 0) is 18.8 Å². The Labute approximate surface area is 135 Å². The highest BCUT2D eigenvalue weighted by Gasteiger charge is 2.17. The van der Waals surface area contributed by atoms with Crippen molar-refractivity contribution in [2.24, 2.45) is 10.9 Å². The maximum atomic E-state index is 11.8. The predicted octanol–water partition coefficient (Wildman–Crippen LogP) is 3.87. The molecule has 5 nitrogen and oxygen atoms in total.